The van der Waals surface area contributed by atoms with Gasteiger partial charge in [0.05, 0.1) is 12.5 Å². The lowest BCUT2D eigenvalue weighted by molar-refractivity contribution is -0.140. The quantitative estimate of drug-likeness (QED) is 0.147. The van der Waals surface area contributed by atoms with E-state index in [0.717, 1.165) is 62.8 Å². The van der Waals surface area contributed by atoms with Gasteiger partial charge < -0.3 is 9.47 Å². The molecule has 206 valence electrons. The van der Waals surface area contributed by atoms with E-state index in [-0.39, 0.29) is 12.4 Å². The predicted molar refractivity (Wildman–Crippen MR) is 135 cm³/mol. The number of halogens is 5. The van der Waals surface area contributed by atoms with Crippen molar-refractivity contribution < 1.29 is 36.2 Å². The summed E-state index contributed by atoms with van der Waals surface area (Å²) in [6, 6.07) is 4.38. The predicted octanol–water partition coefficient (Wildman–Crippen LogP) is 8.35. The fourth-order valence-electron chi connectivity index (χ4n) is 5.90. The standard InChI is InChI=1S/C30H33F5O3/c1-2-37-24-15-13-22(26(32)28(24)34)23-14-16-25(29(35)27(23)33)38-30(36)21-11-9-20(10-12-21)19-7-5-18(6-8-19)4-3-17-31/h3-4,13-16,18-21H,2,5-12,17H2,1H3/b4-3+. The minimum absolute atomic E-state index is 0.113. The Morgan fingerprint density at radius 2 is 1.32 bits per heavy atom. The molecule has 2 aromatic rings. The third-order valence-electron chi connectivity index (χ3n) is 7.98. The first-order chi connectivity index (χ1) is 18.3. The summed E-state index contributed by atoms with van der Waals surface area (Å²) < 4.78 is 81.0. The zero-order valence-corrected chi connectivity index (χ0v) is 21.5. The Morgan fingerprint density at radius 3 is 1.87 bits per heavy atom. The molecule has 0 spiro atoms. The molecular weight excluding hydrogens is 503 g/mol. The molecule has 2 saturated carbocycles. The normalized spacial score (nSPS) is 23.9. The van der Waals surface area contributed by atoms with E-state index in [1.807, 2.05) is 6.08 Å². The van der Waals surface area contributed by atoms with E-state index in [1.54, 1.807) is 13.0 Å². The van der Waals surface area contributed by atoms with Crippen molar-refractivity contribution >= 4 is 5.97 Å². The van der Waals surface area contributed by atoms with Crippen LogP contribution in [0.3, 0.4) is 0 Å². The Morgan fingerprint density at radius 1 is 0.789 bits per heavy atom. The Labute approximate surface area is 220 Å². The maximum absolute atomic E-state index is 14.8. The van der Waals surface area contributed by atoms with E-state index in [9.17, 15) is 26.7 Å². The van der Waals surface area contributed by atoms with E-state index in [4.69, 9.17) is 9.47 Å². The summed E-state index contributed by atoms with van der Waals surface area (Å²) in [4.78, 5) is 12.7. The second kappa shape index (κ2) is 12.8. The lowest BCUT2D eigenvalue weighted by Gasteiger charge is -2.36. The van der Waals surface area contributed by atoms with Gasteiger partial charge in [0.1, 0.15) is 6.67 Å². The molecule has 0 N–H and O–H groups in total. The Balaban J connectivity index is 1.35. The highest BCUT2D eigenvalue weighted by Gasteiger charge is 2.34. The topological polar surface area (TPSA) is 35.5 Å². The molecule has 0 unspecified atom stereocenters. The number of ether oxygens (including phenoxy) is 2. The Hall–Kier alpha value is -2.90. The number of benzene rings is 2. The number of alkyl halides is 1. The second-order valence-electron chi connectivity index (χ2n) is 10.2. The molecule has 4 rings (SSSR count). The van der Waals surface area contributed by atoms with Crippen LogP contribution in [0.5, 0.6) is 11.5 Å². The zero-order chi connectivity index (χ0) is 27.2. The van der Waals surface area contributed by atoms with Crippen LogP contribution in [0.1, 0.15) is 58.3 Å². The maximum atomic E-state index is 14.8. The molecule has 0 bridgehead atoms. The molecule has 0 aliphatic heterocycles. The van der Waals surface area contributed by atoms with Crippen LogP contribution in [0.15, 0.2) is 36.4 Å². The van der Waals surface area contributed by atoms with Gasteiger partial charge in [0.2, 0.25) is 11.6 Å². The molecule has 0 aromatic heterocycles. The molecule has 0 amide bonds. The first-order valence-electron chi connectivity index (χ1n) is 13.4. The largest absolute Gasteiger partial charge is 0.491 e. The Bertz CT molecular complexity index is 1150. The third kappa shape index (κ3) is 6.21. The van der Waals surface area contributed by atoms with Gasteiger partial charge in [-0.2, -0.15) is 8.78 Å². The number of allylic oxidation sites excluding steroid dienone is 2. The van der Waals surface area contributed by atoms with Crippen LogP contribution in [0.4, 0.5) is 22.0 Å². The highest BCUT2D eigenvalue weighted by molar-refractivity contribution is 5.76. The molecule has 8 heteroatoms. The molecule has 38 heavy (non-hydrogen) atoms. The highest BCUT2D eigenvalue weighted by atomic mass is 19.2. The van der Waals surface area contributed by atoms with Crippen LogP contribution in [-0.4, -0.2) is 19.3 Å². The third-order valence-corrected chi connectivity index (χ3v) is 7.98. The van der Waals surface area contributed by atoms with Gasteiger partial charge >= 0.3 is 5.97 Å². The number of esters is 1. The van der Waals surface area contributed by atoms with E-state index < -0.39 is 58.7 Å². The highest BCUT2D eigenvalue weighted by Crippen LogP contribution is 2.42. The second-order valence-corrected chi connectivity index (χ2v) is 10.2. The van der Waals surface area contributed by atoms with Gasteiger partial charge in [-0.05, 0) is 100 Å². The van der Waals surface area contributed by atoms with Crippen molar-refractivity contribution in [2.75, 3.05) is 13.3 Å². The summed E-state index contributed by atoms with van der Waals surface area (Å²) in [6.07, 6.45) is 10.8. The monoisotopic (exact) mass is 536 g/mol. The van der Waals surface area contributed by atoms with E-state index >= 15 is 0 Å². The van der Waals surface area contributed by atoms with Crippen LogP contribution in [0.25, 0.3) is 11.1 Å². The molecule has 0 radical (unpaired) electrons. The van der Waals surface area contributed by atoms with Gasteiger partial charge in [-0.15, -0.1) is 0 Å². The molecule has 2 aliphatic carbocycles. The SMILES string of the molecule is CCOc1ccc(-c2ccc(OC(=O)C3CCC(C4CCC(/C=C/CF)CC4)CC3)c(F)c2F)c(F)c1F. The van der Waals surface area contributed by atoms with Gasteiger partial charge in [-0.3, -0.25) is 4.79 Å². The van der Waals surface area contributed by atoms with Crippen molar-refractivity contribution in [2.45, 2.75) is 58.3 Å². The smallest absolute Gasteiger partial charge is 0.314 e. The summed E-state index contributed by atoms with van der Waals surface area (Å²) >= 11 is 0. The molecular formula is C30H33F5O3. The van der Waals surface area contributed by atoms with Crippen LogP contribution in [0, 0.1) is 46.9 Å². The number of carbonyl (C=O) groups excluding carboxylic acids is 1. The van der Waals surface area contributed by atoms with Crippen molar-refractivity contribution in [3.63, 3.8) is 0 Å². The van der Waals surface area contributed by atoms with Crippen LogP contribution >= 0.6 is 0 Å². The van der Waals surface area contributed by atoms with Crippen LogP contribution < -0.4 is 9.47 Å². The summed E-state index contributed by atoms with van der Waals surface area (Å²) in [5.74, 6) is -5.90. The van der Waals surface area contributed by atoms with Gasteiger partial charge in [0, 0.05) is 11.1 Å². The van der Waals surface area contributed by atoms with E-state index in [1.165, 1.54) is 0 Å². The Kier molecular flexibility index (Phi) is 9.44. The molecule has 0 heterocycles. The van der Waals surface area contributed by atoms with Gasteiger partial charge in [0.25, 0.3) is 0 Å². The lowest BCUT2D eigenvalue weighted by Crippen LogP contribution is -2.30. The molecule has 2 aliphatic rings. The van der Waals surface area contributed by atoms with Crippen molar-refractivity contribution in [3.8, 4) is 22.6 Å². The number of rotatable bonds is 8. The van der Waals surface area contributed by atoms with Crippen molar-refractivity contribution in [1.82, 2.24) is 0 Å². The first-order valence-corrected chi connectivity index (χ1v) is 13.4. The number of hydrogen-bond donors (Lipinski definition) is 0. The number of hydrogen-bond acceptors (Lipinski definition) is 3. The lowest BCUT2D eigenvalue weighted by atomic mass is 9.69. The van der Waals surface area contributed by atoms with E-state index in [0.29, 0.717) is 30.6 Å². The summed E-state index contributed by atoms with van der Waals surface area (Å²) in [5.41, 5.74) is -0.955. The molecule has 2 fully saturated rings. The zero-order valence-electron chi connectivity index (χ0n) is 21.5. The van der Waals surface area contributed by atoms with E-state index in [2.05, 4.69) is 0 Å². The molecule has 3 nitrogen and oxygen atoms in total. The van der Waals surface area contributed by atoms with Crippen LogP contribution in [-0.2, 0) is 4.79 Å². The van der Waals surface area contributed by atoms with Crippen molar-refractivity contribution in [2.24, 2.45) is 23.7 Å². The summed E-state index contributed by atoms with van der Waals surface area (Å²) in [5, 5.41) is 0. The van der Waals surface area contributed by atoms with Gasteiger partial charge in [-0.25, -0.2) is 13.2 Å². The first kappa shape index (κ1) is 28.1. The molecule has 2 aromatic carbocycles. The molecule has 0 saturated heterocycles. The summed E-state index contributed by atoms with van der Waals surface area (Å²) in [6.45, 7) is 1.29. The minimum Gasteiger partial charge on any atom is -0.491 e. The fourth-order valence-corrected chi connectivity index (χ4v) is 5.90. The van der Waals surface area contributed by atoms with Crippen molar-refractivity contribution in [1.29, 1.82) is 0 Å². The van der Waals surface area contributed by atoms with Crippen molar-refractivity contribution in [3.05, 3.63) is 59.7 Å². The summed E-state index contributed by atoms with van der Waals surface area (Å²) in [7, 11) is 0. The van der Waals surface area contributed by atoms with Gasteiger partial charge in [0.15, 0.2) is 23.1 Å². The van der Waals surface area contributed by atoms with Gasteiger partial charge in [-0.1, -0.05) is 12.2 Å². The minimum atomic E-state index is -1.43. The average molecular weight is 537 g/mol. The molecule has 0 atom stereocenters. The average Bonchev–Trinajstić information content (AvgIpc) is 2.94. The maximum Gasteiger partial charge on any atom is 0.314 e. The van der Waals surface area contributed by atoms with Crippen LogP contribution in [0.2, 0.25) is 0 Å². The fraction of sp³-hybridized carbons (Fsp3) is 0.500. The number of carbonyl (C=O) groups is 1.